The number of aryl methyl sites for hydroxylation is 1. The second kappa shape index (κ2) is 15.0. The van der Waals surface area contributed by atoms with Gasteiger partial charge in [0, 0.05) is 55.9 Å². The smallest absolute Gasteiger partial charge is 0.329 e. The molecular weight excluding hydrogens is 702 g/mol. The lowest BCUT2D eigenvalue weighted by molar-refractivity contribution is -0.135. The molecule has 3 fully saturated rings. The predicted octanol–water partition coefficient (Wildman–Crippen LogP) is 5.18. The molecule has 0 spiro atoms. The topological polar surface area (TPSA) is 148 Å². The molecule has 3 amide bonds. The summed E-state index contributed by atoms with van der Waals surface area (Å²) in [5.74, 6) is 0.193. The van der Waals surface area contributed by atoms with Crippen LogP contribution in [0.3, 0.4) is 0 Å². The fourth-order valence-electron chi connectivity index (χ4n) is 8.94. The molecular formula is C41H48FN9O4. The molecule has 2 saturated heterocycles. The highest BCUT2D eigenvalue weighted by molar-refractivity contribution is 6.00. The van der Waals surface area contributed by atoms with Crippen LogP contribution in [0.25, 0.3) is 27.9 Å². The number of carbonyl (C=O) groups is 3. The number of likely N-dealkylation sites (tertiary alicyclic amines) is 1. The summed E-state index contributed by atoms with van der Waals surface area (Å²) in [6.45, 7) is 7.02. The Balaban J connectivity index is 0.865. The zero-order valence-corrected chi connectivity index (χ0v) is 31.6. The van der Waals surface area contributed by atoms with Gasteiger partial charge in [-0.3, -0.25) is 33.4 Å². The van der Waals surface area contributed by atoms with Crippen LogP contribution in [0, 0.1) is 11.7 Å². The number of halogens is 1. The van der Waals surface area contributed by atoms with Gasteiger partial charge in [-0.1, -0.05) is 12.1 Å². The first-order valence-electron chi connectivity index (χ1n) is 19.5. The number of fused-ring (bicyclic) bond motifs is 2. The van der Waals surface area contributed by atoms with E-state index in [1.807, 2.05) is 32.0 Å². The van der Waals surface area contributed by atoms with Crippen molar-refractivity contribution in [2.75, 3.05) is 25.0 Å². The maximum Gasteiger partial charge on any atom is 0.329 e. The van der Waals surface area contributed by atoms with E-state index < -0.39 is 17.8 Å². The number of amides is 3. The van der Waals surface area contributed by atoms with E-state index in [0.29, 0.717) is 46.4 Å². The average Bonchev–Trinajstić information content (AvgIpc) is 3.70. The summed E-state index contributed by atoms with van der Waals surface area (Å²) in [4.78, 5) is 63.0. The first-order chi connectivity index (χ1) is 26.5. The van der Waals surface area contributed by atoms with Crippen molar-refractivity contribution in [1.29, 1.82) is 0 Å². The Labute approximate surface area is 318 Å². The van der Waals surface area contributed by atoms with E-state index in [-0.39, 0.29) is 36.0 Å². The molecule has 1 atom stereocenters. The molecule has 55 heavy (non-hydrogen) atoms. The fraction of sp³-hybridized carbons (Fsp3) is 0.463. The molecule has 0 radical (unpaired) electrons. The highest BCUT2D eigenvalue weighted by atomic mass is 19.1. The van der Waals surface area contributed by atoms with Gasteiger partial charge < -0.3 is 15.5 Å². The first-order valence-corrected chi connectivity index (χ1v) is 19.5. The van der Waals surface area contributed by atoms with Crippen molar-refractivity contribution in [2.24, 2.45) is 13.0 Å². The van der Waals surface area contributed by atoms with E-state index in [1.165, 1.54) is 12.3 Å². The minimum absolute atomic E-state index is 0.0883. The third kappa shape index (κ3) is 7.27. The predicted molar refractivity (Wildman–Crippen MR) is 208 cm³/mol. The molecule has 3 N–H and O–H groups in total. The van der Waals surface area contributed by atoms with Gasteiger partial charge >= 0.3 is 5.69 Å². The number of para-hydroxylation sites is 1. The normalized spacial score (nSPS) is 21.4. The third-order valence-corrected chi connectivity index (χ3v) is 11.7. The number of piperidine rings is 2. The van der Waals surface area contributed by atoms with Gasteiger partial charge in [-0.15, -0.1) is 0 Å². The van der Waals surface area contributed by atoms with Crippen molar-refractivity contribution in [3.05, 3.63) is 82.4 Å². The van der Waals surface area contributed by atoms with Gasteiger partial charge in [-0.2, -0.15) is 0 Å². The minimum Gasteiger partial charge on any atom is -0.382 e. The van der Waals surface area contributed by atoms with Gasteiger partial charge in [-0.05, 0) is 107 Å². The first kappa shape index (κ1) is 36.6. The number of imide groups is 1. The van der Waals surface area contributed by atoms with Crippen molar-refractivity contribution in [3.63, 3.8) is 0 Å². The highest BCUT2D eigenvalue weighted by Crippen LogP contribution is 2.35. The molecule has 1 saturated carbocycles. The van der Waals surface area contributed by atoms with Crippen LogP contribution in [-0.4, -0.2) is 78.0 Å². The van der Waals surface area contributed by atoms with Crippen LogP contribution in [-0.2, 0) is 16.6 Å². The van der Waals surface area contributed by atoms with Crippen LogP contribution in [0.15, 0.2) is 59.8 Å². The maximum absolute atomic E-state index is 13.7. The molecule has 2 aliphatic heterocycles. The van der Waals surface area contributed by atoms with E-state index in [2.05, 4.69) is 36.9 Å². The molecule has 1 aliphatic carbocycles. The number of benzene rings is 1. The van der Waals surface area contributed by atoms with Crippen LogP contribution >= 0.6 is 0 Å². The van der Waals surface area contributed by atoms with E-state index in [4.69, 9.17) is 0 Å². The van der Waals surface area contributed by atoms with Crippen LogP contribution in [0.2, 0.25) is 0 Å². The number of nitrogens with one attached hydrogen (secondary N) is 3. The van der Waals surface area contributed by atoms with Crippen LogP contribution < -0.4 is 21.6 Å². The summed E-state index contributed by atoms with van der Waals surface area (Å²) in [7, 11) is 1.77. The van der Waals surface area contributed by atoms with Crippen LogP contribution in [0.4, 0.5) is 10.1 Å². The second-order valence-electron chi connectivity index (χ2n) is 15.8. The summed E-state index contributed by atoms with van der Waals surface area (Å²) in [6, 6.07) is 10.6. The standard InChI is InChI=1S/C41H48FN9O4/c1-24(2)45-32-20-35(50-18-15-27-19-28(42)21-44-38(27)50)43-22-31(32)39(53)46-29-9-7-25(8-10-29)23-49-16-13-26(14-17-49)30-5-4-6-33-37(30)48(3)41(55)51(33)34-11-12-36(52)47-40(34)54/h4-6,15,18-22,24-26,29,34H,7-14,16-17,23H2,1-3H3,(H,43,45)(H,46,53)(H,47,52,54)/t25-,29-,34?. The second-order valence-corrected chi connectivity index (χ2v) is 15.8. The van der Waals surface area contributed by atoms with Crippen LogP contribution in [0.1, 0.15) is 93.1 Å². The Morgan fingerprint density at radius 1 is 0.982 bits per heavy atom. The number of carbonyl (C=O) groups excluding carboxylic acids is 3. The molecule has 0 bridgehead atoms. The summed E-state index contributed by atoms with van der Waals surface area (Å²) < 4.78 is 18.8. The molecule has 3 aliphatic rings. The van der Waals surface area contributed by atoms with Crippen molar-refractivity contribution < 1.29 is 18.8 Å². The Morgan fingerprint density at radius 2 is 1.76 bits per heavy atom. The van der Waals surface area contributed by atoms with Crippen molar-refractivity contribution in [2.45, 2.75) is 89.3 Å². The number of anilines is 1. The number of hydrogen-bond acceptors (Lipinski definition) is 8. The molecule has 8 rings (SSSR count). The molecule has 4 aromatic heterocycles. The molecule has 13 nitrogen and oxygen atoms in total. The molecule has 5 aromatic rings. The fourth-order valence-corrected chi connectivity index (χ4v) is 8.94. The van der Waals surface area contributed by atoms with Gasteiger partial charge in [0.1, 0.15) is 23.3 Å². The molecule has 1 unspecified atom stereocenters. The zero-order chi connectivity index (χ0) is 38.4. The van der Waals surface area contributed by atoms with Crippen molar-refractivity contribution in [3.8, 4) is 5.82 Å². The van der Waals surface area contributed by atoms with E-state index in [0.717, 1.165) is 74.8 Å². The number of imidazole rings is 1. The molecule has 6 heterocycles. The lowest BCUT2D eigenvalue weighted by Gasteiger charge is -2.37. The highest BCUT2D eigenvalue weighted by Gasteiger charge is 2.33. The molecule has 288 valence electrons. The number of nitrogens with zero attached hydrogens (tertiary/aromatic N) is 6. The van der Waals surface area contributed by atoms with E-state index in [9.17, 15) is 23.6 Å². The number of hydrogen-bond donors (Lipinski definition) is 3. The summed E-state index contributed by atoms with van der Waals surface area (Å²) in [5, 5.41) is 9.76. The van der Waals surface area contributed by atoms with Crippen molar-refractivity contribution >= 4 is 45.5 Å². The SMILES string of the molecule is CC(C)Nc1cc(-n2ccc3cc(F)cnc32)ncc1C(=O)N[C@H]1CC[C@H](CN2CCC(c3cccc4c3n(C)c(=O)n4C3CCC(=O)NC3=O)CC2)CC1. The average molecular weight is 750 g/mol. The maximum atomic E-state index is 13.7. The van der Waals surface area contributed by atoms with Gasteiger partial charge in [0.15, 0.2) is 0 Å². The minimum atomic E-state index is -0.693. The number of rotatable bonds is 9. The van der Waals surface area contributed by atoms with Gasteiger partial charge in [0.05, 0.1) is 28.5 Å². The number of aromatic nitrogens is 5. The Kier molecular flexibility index (Phi) is 10.0. The quantitative estimate of drug-likeness (QED) is 0.175. The Morgan fingerprint density at radius 3 is 2.51 bits per heavy atom. The summed E-state index contributed by atoms with van der Waals surface area (Å²) in [5.41, 5.74) is 4.29. The van der Waals surface area contributed by atoms with Crippen molar-refractivity contribution in [1.82, 2.24) is 39.2 Å². The van der Waals surface area contributed by atoms with Gasteiger partial charge in [0.25, 0.3) is 5.91 Å². The largest absolute Gasteiger partial charge is 0.382 e. The number of pyridine rings is 2. The summed E-state index contributed by atoms with van der Waals surface area (Å²) in [6.07, 6.45) is 11.0. The zero-order valence-electron chi connectivity index (χ0n) is 31.6. The Hall–Kier alpha value is -5.37. The lowest BCUT2D eigenvalue weighted by Crippen LogP contribution is -2.44. The lowest BCUT2D eigenvalue weighted by atomic mass is 9.84. The van der Waals surface area contributed by atoms with Gasteiger partial charge in [-0.25, -0.2) is 19.2 Å². The molecule has 14 heteroatoms. The molecule has 1 aromatic carbocycles. The Bertz CT molecular complexity index is 2330. The van der Waals surface area contributed by atoms with Crippen LogP contribution in [0.5, 0.6) is 0 Å². The van der Waals surface area contributed by atoms with E-state index >= 15 is 0 Å². The third-order valence-electron chi connectivity index (χ3n) is 11.7. The summed E-state index contributed by atoms with van der Waals surface area (Å²) >= 11 is 0. The van der Waals surface area contributed by atoms with E-state index in [1.54, 1.807) is 39.2 Å². The monoisotopic (exact) mass is 749 g/mol. The van der Waals surface area contributed by atoms with Gasteiger partial charge in [0.2, 0.25) is 11.8 Å².